The third-order valence-electron chi connectivity index (χ3n) is 6.08. The largest absolute Gasteiger partial charge is 0.365 e. The standard InChI is InChI=1S/C27H24BrN5O4/c28-20-10-8-18(9-11-20)17-23(27(26(29)35)36-15-16-37-27)31-25(34)21-7-4-13-30-24(21)33-14-12-22(32-33)19-5-2-1-3-6-19/h1-14,23H,15-17H2,(H2,29,35)(H,31,34). The zero-order chi connectivity index (χ0) is 25.8. The van der Waals surface area contributed by atoms with E-state index < -0.39 is 23.6 Å². The number of benzene rings is 2. The van der Waals surface area contributed by atoms with Crippen LogP contribution in [0.4, 0.5) is 0 Å². The molecule has 4 aromatic rings. The average molecular weight is 562 g/mol. The van der Waals surface area contributed by atoms with Gasteiger partial charge in [0.1, 0.15) is 0 Å². The molecule has 3 N–H and O–H groups in total. The molecule has 2 aromatic heterocycles. The van der Waals surface area contributed by atoms with Crippen molar-refractivity contribution in [1.29, 1.82) is 0 Å². The normalized spacial score (nSPS) is 15.3. The highest BCUT2D eigenvalue weighted by molar-refractivity contribution is 9.10. The first-order valence-corrected chi connectivity index (χ1v) is 12.5. The van der Waals surface area contributed by atoms with Crippen LogP contribution in [0.5, 0.6) is 0 Å². The number of nitrogens with one attached hydrogen (secondary N) is 1. The molecule has 2 aromatic carbocycles. The van der Waals surface area contributed by atoms with Gasteiger partial charge in [-0.3, -0.25) is 9.59 Å². The van der Waals surface area contributed by atoms with Crippen molar-refractivity contribution in [1.82, 2.24) is 20.1 Å². The minimum Gasteiger partial charge on any atom is -0.365 e. The molecule has 1 unspecified atom stereocenters. The lowest BCUT2D eigenvalue weighted by Gasteiger charge is -2.33. The van der Waals surface area contributed by atoms with Crippen LogP contribution in [0.1, 0.15) is 15.9 Å². The third-order valence-corrected chi connectivity index (χ3v) is 6.61. The van der Waals surface area contributed by atoms with Crippen molar-refractivity contribution in [3.8, 4) is 17.1 Å². The Hall–Kier alpha value is -3.86. The van der Waals surface area contributed by atoms with Gasteiger partial charge in [0.15, 0.2) is 5.82 Å². The van der Waals surface area contributed by atoms with Crippen LogP contribution in [0.15, 0.2) is 89.7 Å². The Balaban J connectivity index is 1.46. The number of amides is 2. The number of aromatic nitrogens is 3. The summed E-state index contributed by atoms with van der Waals surface area (Å²) in [6, 6.07) is 21.5. The molecule has 1 saturated heterocycles. The van der Waals surface area contributed by atoms with Crippen LogP contribution >= 0.6 is 15.9 Å². The number of carbonyl (C=O) groups excluding carboxylic acids is 2. The molecule has 188 valence electrons. The highest BCUT2D eigenvalue weighted by Crippen LogP contribution is 2.27. The number of ether oxygens (including phenoxy) is 2. The molecule has 2 amide bonds. The maximum Gasteiger partial charge on any atom is 0.280 e. The Morgan fingerprint density at radius 1 is 1.03 bits per heavy atom. The summed E-state index contributed by atoms with van der Waals surface area (Å²) in [5.74, 6) is -2.73. The van der Waals surface area contributed by atoms with Crippen molar-refractivity contribution in [2.24, 2.45) is 5.73 Å². The summed E-state index contributed by atoms with van der Waals surface area (Å²) in [4.78, 5) is 30.6. The SMILES string of the molecule is NC(=O)C1(C(Cc2ccc(Br)cc2)NC(=O)c2cccnc2-n2ccc(-c3ccccc3)n2)OCCO1. The molecule has 0 radical (unpaired) electrons. The van der Waals surface area contributed by atoms with Gasteiger partial charge in [-0.05, 0) is 42.3 Å². The van der Waals surface area contributed by atoms with E-state index in [-0.39, 0.29) is 25.2 Å². The minimum atomic E-state index is -1.79. The van der Waals surface area contributed by atoms with E-state index >= 15 is 0 Å². The molecule has 0 saturated carbocycles. The first kappa shape index (κ1) is 24.8. The number of nitrogens with zero attached hydrogens (tertiary/aromatic N) is 3. The van der Waals surface area contributed by atoms with Gasteiger partial charge in [0, 0.05) is 22.4 Å². The molecule has 3 heterocycles. The fourth-order valence-electron chi connectivity index (χ4n) is 4.28. The Kier molecular flexibility index (Phi) is 7.13. The van der Waals surface area contributed by atoms with E-state index in [1.807, 2.05) is 60.7 Å². The van der Waals surface area contributed by atoms with Crippen LogP contribution < -0.4 is 11.1 Å². The molecule has 9 nitrogen and oxygen atoms in total. The first-order valence-electron chi connectivity index (χ1n) is 11.7. The highest BCUT2D eigenvalue weighted by atomic mass is 79.9. The Morgan fingerprint density at radius 3 is 2.46 bits per heavy atom. The minimum absolute atomic E-state index is 0.184. The second-order valence-corrected chi connectivity index (χ2v) is 9.39. The summed E-state index contributed by atoms with van der Waals surface area (Å²) in [7, 11) is 0. The quantitative estimate of drug-likeness (QED) is 0.340. The van der Waals surface area contributed by atoms with Gasteiger partial charge in [-0.25, -0.2) is 9.67 Å². The van der Waals surface area contributed by atoms with Crippen molar-refractivity contribution >= 4 is 27.7 Å². The van der Waals surface area contributed by atoms with E-state index in [1.165, 1.54) is 0 Å². The van der Waals surface area contributed by atoms with Crippen LogP contribution in [0.2, 0.25) is 0 Å². The molecule has 1 atom stereocenters. The predicted octanol–water partition coefficient (Wildman–Crippen LogP) is 3.27. The van der Waals surface area contributed by atoms with Gasteiger partial charge in [-0.1, -0.05) is 58.4 Å². The fraction of sp³-hybridized carbons (Fsp3) is 0.185. The summed E-state index contributed by atoms with van der Waals surface area (Å²) < 4.78 is 13.9. The lowest BCUT2D eigenvalue weighted by Crippen LogP contribution is -2.61. The second-order valence-electron chi connectivity index (χ2n) is 8.47. The second kappa shape index (κ2) is 10.6. The summed E-state index contributed by atoms with van der Waals surface area (Å²) in [6.45, 7) is 0.368. The van der Waals surface area contributed by atoms with Crippen LogP contribution in [0, 0.1) is 0 Å². The number of carbonyl (C=O) groups is 2. The summed E-state index contributed by atoms with van der Waals surface area (Å²) in [5.41, 5.74) is 8.54. The van der Waals surface area contributed by atoms with Crippen molar-refractivity contribution in [3.05, 3.63) is 101 Å². The summed E-state index contributed by atoms with van der Waals surface area (Å²) in [6.07, 6.45) is 3.58. The number of hydrogen-bond acceptors (Lipinski definition) is 6. The molecule has 1 fully saturated rings. The van der Waals surface area contributed by atoms with E-state index in [9.17, 15) is 9.59 Å². The molecule has 1 aliphatic heterocycles. The number of hydrogen-bond donors (Lipinski definition) is 2. The lowest BCUT2D eigenvalue weighted by molar-refractivity contribution is -0.189. The Bertz CT molecular complexity index is 1400. The number of nitrogens with two attached hydrogens (primary N) is 1. The summed E-state index contributed by atoms with van der Waals surface area (Å²) in [5, 5.41) is 7.54. The third kappa shape index (κ3) is 5.17. The molecular formula is C27H24BrN5O4. The fourth-order valence-corrected chi connectivity index (χ4v) is 4.54. The van der Waals surface area contributed by atoms with E-state index in [0.717, 1.165) is 21.3 Å². The van der Waals surface area contributed by atoms with Crippen molar-refractivity contribution in [3.63, 3.8) is 0 Å². The molecule has 5 rings (SSSR count). The Morgan fingerprint density at radius 2 is 1.76 bits per heavy atom. The monoisotopic (exact) mass is 561 g/mol. The van der Waals surface area contributed by atoms with E-state index in [4.69, 9.17) is 15.2 Å². The van der Waals surface area contributed by atoms with Crippen LogP contribution in [-0.4, -0.2) is 51.6 Å². The predicted molar refractivity (Wildman–Crippen MR) is 140 cm³/mol. The number of pyridine rings is 1. The average Bonchev–Trinajstić information content (AvgIpc) is 3.61. The first-order chi connectivity index (χ1) is 18.0. The molecule has 1 aliphatic rings. The van der Waals surface area contributed by atoms with Gasteiger partial charge in [0.05, 0.1) is 30.5 Å². The maximum absolute atomic E-state index is 13.6. The number of rotatable bonds is 8. The van der Waals surface area contributed by atoms with E-state index in [1.54, 1.807) is 29.2 Å². The van der Waals surface area contributed by atoms with Gasteiger partial charge in [0.2, 0.25) is 0 Å². The molecule has 37 heavy (non-hydrogen) atoms. The molecule has 10 heteroatoms. The molecule has 0 aliphatic carbocycles. The number of halogens is 1. The molecular weight excluding hydrogens is 538 g/mol. The molecule has 0 bridgehead atoms. The van der Waals surface area contributed by atoms with Crippen LogP contribution in [-0.2, 0) is 20.7 Å². The van der Waals surface area contributed by atoms with Crippen LogP contribution in [0.25, 0.3) is 17.1 Å². The van der Waals surface area contributed by atoms with E-state index in [2.05, 4.69) is 31.3 Å². The summed E-state index contributed by atoms with van der Waals surface area (Å²) >= 11 is 3.42. The zero-order valence-electron chi connectivity index (χ0n) is 19.7. The smallest absolute Gasteiger partial charge is 0.280 e. The lowest BCUT2D eigenvalue weighted by atomic mass is 9.97. The van der Waals surface area contributed by atoms with Gasteiger partial charge in [-0.15, -0.1) is 0 Å². The van der Waals surface area contributed by atoms with E-state index in [0.29, 0.717) is 5.82 Å². The van der Waals surface area contributed by atoms with Crippen molar-refractivity contribution in [2.45, 2.75) is 18.2 Å². The van der Waals surface area contributed by atoms with Gasteiger partial charge in [-0.2, -0.15) is 5.10 Å². The molecule has 0 spiro atoms. The Labute approximate surface area is 221 Å². The van der Waals surface area contributed by atoms with Gasteiger partial charge in [0.25, 0.3) is 17.6 Å². The highest BCUT2D eigenvalue weighted by Gasteiger charge is 2.51. The van der Waals surface area contributed by atoms with Crippen molar-refractivity contribution < 1.29 is 19.1 Å². The zero-order valence-corrected chi connectivity index (χ0v) is 21.3. The van der Waals surface area contributed by atoms with Gasteiger partial charge >= 0.3 is 0 Å². The number of primary amides is 1. The van der Waals surface area contributed by atoms with Crippen LogP contribution in [0.3, 0.4) is 0 Å². The maximum atomic E-state index is 13.6. The van der Waals surface area contributed by atoms with Gasteiger partial charge < -0.3 is 20.5 Å². The topological polar surface area (TPSA) is 121 Å². The van der Waals surface area contributed by atoms with Crippen molar-refractivity contribution in [2.75, 3.05) is 13.2 Å².